The van der Waals surface area contributed by atoms with Gasteiger partial charge in [0.2, 0.25) is 0 Å². The second-order valence-electron chi connectivity index (χ2n) is 4.74. The van der Waals surface area contributed by atoms with Crippen LogP contribution in [0.1, 0.15) is 15.4 Å². The lowest BCUT2D eigenvalue weighted by atomic mass is 10.1. The van der Waals surface area contributed by atoms with Gasteiger partial charge in [0.1, 0.15) is 0 Å². The van der Waals surface area contributed by atoms with Gasteiger partial charge in [-0.1, -0.05) is 12.1 Å². The Hall–Kier alpha value is -1.72. The van der Waals surface area contributed by atoms with Crippen molar-refractivity contribution < 1.29 is 9.53 Å². The standard InChI is InChI=1S/C15H16N2O2S/c1-11-16-14(10-20-11)12-3-2-4-13(9-12)15(18)17-5-7-19-8-6-17/h2-4,9-10H,5-8H2,1H3. The van der Waals surface area contributed by atoms with E-state index in [2.05, 4.69) is 4.98 Å². The number of rotatable bonds is 2. The lowest BCUT2D eigenvalue weighted by molar-refractivity contribution is 0.0303. The van der Waals surface area contributed by atoms with E-state index in [9.17, 15) is 4.79 Å². The Kier molecular flexibility index (Phi) is 3.80. The van der Waals surface area contributed by atoms with Crippen LogP contribution in [0, 0.1) is 6.92 Å². The third-order valence-corrected chi connectivity index (χ3v) is 4.10. The SMILES string of the molecule is Cc1nc(-c2cccc(C(=O)N3CCOCC3)c2)cs1. The predicted molar refractivity (Wildman–Crippen MR) is 79.0 cm³/mol. The number of carbonyl (C=O) groups is 1. The van der Waals surface area contributed by atoms with E-state index in [1.165, 1.54) is 0 Å². The summed E-state index contributed by atoms with van der Waals surface area (Å²) in [5.41, 5.74) is 2.65. The first-order valence-corrected chi connectivity index (χ1v) is 7.51. The van der Waals surface area contributed by atoms with Crippen LogP contribution < -0.4 is 0 Å². The molecular formula is C15H16N2O2S. The normalized spacial score (nSPS) is 15.3. The topological polar surface area (TPSA) is 42.4 Å². The highest BCUT2D eigenvalue weighted by molar-refractivity contribution is 7.09. The van der Waals surface area contributed by atoms with E-state index in [0.29, 0.717) is 26.3 Å². The van der Waals surface area contributed by atoms with Crippen molar-refractivity contribution in [2.75, 3.05) is 26.3 Å². The maximum atomic E-state index is 12.4. The molecule has 5 heteroatoms. The minimum absolute atomic E-state index is 0.0714. The molecule has 104 valence electrons. The number of hydrogen-bond acceptors (Lipinski definition) is 4. The highest BCUT2D eigenvalue weighted by Gasteiger charge is 2.18. The van der Waals surface area contributed by atoms with E-state index in [1.807, 2.05) is 41.5 Å². The summed E-state index contributed by atoms with van der Waals surface area (Å²) in [5, 5.41) is 3.05. The summed E-state index contributed by atoms with van der Waals surface area (Å²) in [6.45, 7) is 4.56. The molecule has 0 unspecified atom stereocenters. The summed E-state index contributed by atoms with van der Waals surface area (Å²) in [6.07, 6.45) is 0. The molecule has 0 N–H and O–H groups in total. The maximum absolute atomic E-state index is 12.4. The van der Waals surface area contributed by atoms with Crippen molar-refractivity contribution in [3.05, 3.63) is 40.2 Å². The fraction of sp³-hybridized carbons (Fsp3) is 0.333. The summed E-state index contributed by atoms with van der Waals surface area (Å²) in [5.74, 6) is 0.0714. The van der Waals surface area contributed by atoms with Crippen molar-refractivity contribution in [3.8, 4) is 11.3 Å². The van der Waals surface area contributed by atoms with E-state index < -0.39 is 0 Å². The second-order valence-corrected chi connectivity index (χ2v) is 5.80. The van der Waals surface area contributed by atoms with E-state index in [-0.39, 0.29) is 5.91 Å². The van der Waals surface area contributed by atoms with Gasteiger partial charge >= 0.3 is 0 Å². The van der Waals surface area contributed by atoms with Crippen LogP contribution in [0.4, 0.5) is 0 Å². The van der Waals surface area contributed by atoms with Gasteiger partial charge in [0.15, 0.2) is 0 Å². The molecule has 0 saturated carbocycles. The quantitative estimate of drug-likeness (QED) is 0.853. The van der Waals surface area contributed by atoms with Gasteiger partial charge in [-0.05, 0) is 19.1 Å². The number of carbonyl (C=O) groups excluding carboxylic acids is 1. The smallest absolute Gasteiger partial charge is 0.254 e. The van der Waals surface area contributed by atoms with Gasteiger partial charge in [0, 0.05) is 29.6 Å². The van der Waals surface area contributed by atoms with Gasteiger partial charge < -0.3 is 9.64 Å². The van der Waals surface area contributed by atoms with Crippen molar-refractivity contribution in [1.82, 2.24) is 9.88 Å². The minimum atomic E-state index is 0.0714. The number of nitrogens with zero attached hydrogens (tertiary/aromatic N) is 2. The Morgan fingerprint density at radius 1 is 1.35 bits per heavy atom. The number of hydrogen-bond donors (Lipinski definition) is 0. The summed E-state index contributed by atoms with van der Waals surface area (Å²) < 4.78 is 5.28. The summed E-state index contributed by atoms with van der Waals surface area (Å²) >= 11 is 1.62. The lowest BCUT2D eigenvalue weighted by Crippen LogP contribution is -2.40. The van der Waals surface area contributed by atoms with Crippen LogP contribution in [-0.4, -0.2) is 42.1 Å². The van der Waals surface area contributed by atoms with Crippen molar-refractivity contribution in [2.45, 2.75) is 6.92 Å². The fourth-order valence-corrected chi connectivity index (χ4v) is 2.88. The first-order chi connectivity index (χ1) is 9.74. The van der Waals surface area contributed by atoms with Crippen LogP contribution in [0.5, 0.6) is 0 Å². The molecule has 0 bridgehead atoms. The Morgan fingerprint density at radius 2 is 2.15 bits per heavy atom. The summed E-state index contributed by atoms with van der Waals surface area (Å²) in [6, 6.07) is 7.69. The molecule has 1 fully saturated rings. The number of amides is 1. The maximum Gasteiger partial charge on any atom is 0.254 e. The molecule has 0 atom stereocenters. The van der Waals surface area contributed by atoms with E-state index in [1.54, 1.807) is 11.3 Å². The third-order valence-electron chi connectivity index (χ3n) is 3.32. The van der Waals surface area contributed by atoms with Crippen molar-refractivity contribution in [3.63, 3.8) is 0 Å². The highest BCUT2D eigenvalue weighted by Crippen LogP contribution is 2.23. The lowest BCUT2D eigenvalue weighted by Gasteiger charge is -2.26. The van der Waals surface area contributed by atoms with Crippen LogP contribution in [0.2, 0.25) is 0 Å². The van der Waals surface area contributed by atoms with Crippen LogP contribution in [0.15, 0.2) is 29.6 Å². The summed E-state index contributed by atoms with van der Waals surface area (Å²) in [4.78, 5) is 18.8. The van der Waals surface area contributed by atoms with Crippen molar-refractivity contribution in [1.29, 1.82) is 0 Å². The van der Waals surface area contributed by atoms with E-state index in [4.69, 9.17) is 4.74 Å². The van der Waals surface area contributed by atoms with Crippen LogP contribution in [0.25, 0.3) is 11.3 Å². The Bertz CT molecular complexity index is 618. The van der Waals surface area contributed by atoms with Gasteiger partial charge in [0.25, 0.3) is 5.91 Å². The molecule has 3 rings (SSSR count). The molecule has 0 spiro atoms. The monoisotopic (exact) mass is 288 g/mol. The average molecular weight is 288 g/mol. The molecule has 0 radical (unpaired) electrons. The molecule has 1 saturated heterocycles. The molecule has 1 aromatic heterocycles. The zero-order chi connectivity index (χ0) is 13.9. The first kappa shape index (κ1) is 13.3. The summed E-state index contributed by atoms with van der Waals surface area (Å²) in [7, 11) is 0. The molecule has 2 aromatic rings. The minimum Gasteiger partial charge on any atom is -0.378 e. The molecular weight excluding hydrogens is 272 g/mol. The van der Waals surface area contributed by atoms with Crippen LogP contribution in [-0.2, 0) is 4.74 Å². The average Bonchev–Trinajstić information content (AvgIpc) is 2.94. The Labute approximate surface area is 122 Å². The van der Waals surface area contributed by atoms with E-state index in [0.717, 1.165) is 21.8 Å². The molecule has 4 nitrogen and oxygen atoms in total. The highest BCUT2D eigenvalue weighted by atomic mass is 32.1. The molecule has 1 aliphatic heterocycles. The molecule has 1 aromatic carbocycles. The number of thiazole rings is 1. The molecule has 20 heavy (non-hydrogen) atoms. The second kappa shape index (κ2) is 5.73. The van der Waals surface area contributed by atoms with Gasteiger partial charge in [-0.25, -0.2) is 4.98 Å². The zero-order valence-electron chi connectivity index (χ0n) is 11.3. The van der Waals surface area contributed by atoms with Gasteiger partial charge in [-0.3, -0.25) is 4.79 Å². The van der Waals surface area contributed by atoms with E-state index >= 15 is 0 Å². The van der Waals surface area contributed by atoms with Crippen molar-refractivity contribution >= 4 is 17.2 Å². The number of benzene rings is 1. The molecule has 1 aliphatic rings. The molecule has 0 aliphatic carbocycles. The number of morpholine rings is 1. The van der Waals surface area contributed by atoms with Crippen molar-refractivity contribution in [2.24, 2.45) is 0 Å². The number of aryl methyl sites for hydroxylation is 1. The molecule has 1 amide bonds. The number of aromatic nitrogens is 1. The van der Waals surface area contributed by atoms with Gasteiger partial charge in [-0.15, -0.1) is 11.3 Å². The predicted octanol–water partition coefficient (Wildman–Crippen LogP) is 2.59. The third kappa shape index (κ3) is 2.73. The molecule has 2 heterocycles. The Balaban J connectivity index is 1.85. The van der Waals surface area contributed by atoms with Gasteiger partial charge in [0.05, 0.1) is 23.9 Å². The van der Waals surface area contributed by atoms with Crippen LogP contribution in [0.3, 0.4) is 0 Å². The first-order valence-electron chi connectivity index (χ1n) is 6.63. The van der Waals surface area contributed by atoms with Crippen LogP contribution >= 0.6 is 11.3 Å². The fourth-order valence-electron chi connectivity index (χ4n) is 2.26. The van der Waals surface area contributed by atoms with Gasteiger partial charge in [-0.2, -0.15) is 0 Å². The zero-order valence-corrected chi connectivity index (χ0v) is 12.2. The number of ether oxygens (including phenoxy) is 1. The Morgan fingerprint density at radius 3 is 2.85 bits per heavy atom. The largest absolute Gasteiger partial charge is 0.378 e.